The molecule has 0 amide bonds. The SMILES string of the molecule is CC(C)(C)c1cc(=O)n2ncc(-c3ccc(F)cc3)c2[nH]1. The van der Waals surface area contributed by atoms with Gasteiger partial charge in [-0.15, -0.1) is 0 Å². The minimum Gasteiger partial charge on any atom is -0.342 e. The number of aromatic amines is 1. The van der Waals surface area contributed by atoms with E-state index in [1.54, 1.807) is 24.4 Å². The van der Waals surface area contributed by atoms with Gasteiger partial charge in [-0.05, 0) is 17.7 Å². The molecule has 108 valence electrons. The molecule has 1 N–H and O–H groups in total. The number of rotatable bonds is 1. The van der Waals surface area contributed by atoms with Crippen LogP contribution in [0.5, 0.6) is 0 Å². The molecule has 3 rings (SSSR count). The van der Waals surface area contributed by atoms with Gasteiger partial charge >= 0.3 is 0 Å². The van der Waals surface area contributed by atoms with Crippen molar-refractivity contribution in [1.29, 1.82) is 0 Å². The van der Waals surface area contributed by atoms with Gasteiger partial charge in [0.1, 0.15) is 11.5 Å². The number of hydrogen-bond acceptors (Lipinski definition) is 2. The van der Waals surface area contributed by atoms with E-state index in [1.807, 2.05) is 20.8 Å². The topological polar surface area (TPSA) is 50.2 Å². The minimum atomic E-state index is -0.293. The molecule has 4 nitrogen and oxygen atoms in total. The second-order valence-electron chi connectivity index (χ2n) is 6.10. The van der Waals surface area contributed by atoms with E-state index in [1.165, 1.54) is 16.6 Å². The van der Waals surface area contributed by atoms with E-state index >= 15 is 0 Å². The van der Waals surface area contributed by atoms with E-state index in [4.69, 9.17) is 0 Å². The predicted molar refractivity (Wildman–Crippen MR) is 79.9 cm³/mol. The van der Waals surface area contributed by atoms with Crippen molar-refractivity contribution in [2.24, 2.45) is 0 Å². The molecule has 5 heteroatoms. The molecule has 0 spiro atoms. The highest BCUT2D eigenvalue weighted by molar-refractivity contribution is 5.76. The summed E-state index contributed by atoms with van der Waals surface area (Å²) in [6, 6.07) is 7.70. The Morgan fingerprint density at radius 2 is 1.86 bits per heavy atom. The van der Waals surface area contributed by atoms with Gasteiger partial charge in [-0.1, -0.05) is 32.9 Å². The number of fused-ring (bicyclic) bond motifs is 1. The summed E-state index contributed by atoms with van der Waals surface area (Å²) in [4.78, 5) is 15.4. The Balaban J connectivity index is 2.28. The molecule has 0 radical (unpaired) electrons. The van der Waals surface area contributed by atoms with E-state index in [9.17, 15) is 9.18 Å². The number of halogens is 1. The lowest BCUT2D eigenvalue weighted by Gasteiger charge is -2.18. The Bertz CT molecular complexity index is 854. The maximum absolute atomic E-state index is 13.0. The fourth-order valence-electron chi connectivity index (χ4n) is 2.23. The third-order valence-electron chi connectivity index (χ3n) is 3.46. The molecule has 0 bridgehead atoms. The predicted octanol–water partition coefficient (Wildman–Crippen LogP) is 3.13. The van der Waals surface area contributed by atoms with Crippen molar-refractivity contribution in [3.05, 3.63) is 58.4 Å². The zero-order valence-electron chi connectivity index (χ0n) is 12.1. The average Bonchev–Trinajstić information content (AvgIpc) is 2.83. The van der Waals surface area contributed by atoms with Crippen molar-refractivity contribution in [2.45, 2.75) is 26.2 Å². The highest BCUT2D eigenvalue weighted by atomic mass is 19.1. The lowest BCUT2D eigenvalue weighted by atomic mass is 9.92. The minimum absolute atomic E-state index is 0.175. The Kier molecular flexibility index (Phi) is 2.93. The van der Waals surface area contributed by atoms with Crippen LogP contribution in [0.1, 0.15) is 26.5 Å². The summed E-state index contributed by atoms with van der Waals surface area (Å²) in [5.74, 6) is -0.293. The van der Waals surface area contributed by atoms with Crippen LogP contribution in [0.2, 0.25) is 0 Å². The van der Waals surface area contributed by atoms with Crippen LogP contribution < -0.4 is 5.56 Å². The summed E-state index contributed by atoms with van der Waals surface area (Å²) in [5.41, 5.74) is 2.70. The van der Waals surface area contributed by atoms with Crippen LogP contribution in [0.15, 0.2) is 41.3 Å². The van der Waals surface area contributed by atoms with Crippen molar-refractivity contribution in [3.8, 4) is 11.1 Å². The van der Waals surface area contributed by atoms with Crippen molar-refractivity contribution in [2.75, 3.05) is 0 Å². The fraction of sp³-hybridized carbons (Fsp3) is 0.250. The van der Waals surface area contributed by atoms with Crippen molar-refractivity contribution in [1.82, 2.24) is 14.6 Å². The summed E-state index contributed by atoms with van der Waals surface area (Å²) in [5, 5.41) is 4.12. The molecule has 21 heavy (non-hydrogen) atoms. The van der Waals surface area contributed by atoms with E-state index in [0.29, 0.717) is 5.65 Å². The molecule has 0 aliphatic heterocycles. The summed E-state index contributed by atoms with van der Waals surface area (Å²) < 4.78 is 14.4. The average molecular weight is 285 g/mol. The van der Waals surface area contributed by atoms with Gasteiger partial charge in [0, 0.05) is 22.7 Å². The maximum Gasteiger partial charge on any atom is 0.274 e. The van der Waals surface area contributed by atoms with Gasteiger partial charge in [-0.2, -0.15) is 9.61 Å². The quantitative estimate of drug-likeness (QED) is 0.746. The molecule has 0 atom stereocenters. The maximum atomic E-state index is 13.0. The second-order valence-corrected chi connectivity index (χ2v) is 6.10. The van der Waals surface area contributed by atoms with E-state index < -0.39 is 0 Å². The van der Waals surface area contributed by atoms with Gasteiger partial charge in [-0.3, -0.25) is 4.79 Å². The van der Waals surface area contributed by atoms with Crippen LogP contribution in [0.4, 0.5) is 4.39 Å². The van der Waals surface area contributed by atoms with Gasteiger partial charge in [0.15, 0.2) is 0 Å². The number of hydrogen-bond donors (Lipinski definition) is 1. The number of nitrogens with zero attached hydrogens (tertiary/aromatic N) is 2. The summed E-state index contributed by atoms with van der Waals surface area (Å²) in [6.45, 7) is 6.09. The van der Waals surface area contributed by atoms with Crippen LogP contribution in [-0.2, 0) is 5.41 Å². The Morgan fingerprint density at radius 3 is 2.48 bits per heavy atom. The van der Waals surface area contributed by atoms with Crippen molar-refractivity contribution >= 4 is 5.65 Å². The fourth-order valence-corrected chi connectivity index (χ4v) is 2.23. The monoisotopic (exact) mass is 285 g/mol. The highest BCUT2D eigenvalue weighted by Crippen LogP contribution is 2.25. The van der Waals surface area contributed by atoms with Gasteiger partial charge in [0.25, 0.3) is 5.56 Å². The van der Waals surface area contributed by atoms with E-state index in [0.717, 1.165) is 16.8 Å². The molecule has 0 fully saturated rings. The Hall–Kier alpha value is -2.43. The van der Waals surface area contributed by atoms with E-state index in [-0.39, 0.29) is 16.8 Å². The lowest BCUT2D eigenvalue weighted by molar-refractivity contribution is 0.566. The van der Waals surface area contributed by atoms with Crippen LogP contribution in [0.25, 0.3) is 16.8 Å². The van der Waals surface area contributed by atoms with Gasteiger partial charge in [0.2, 0.25) is 0 Å². The van der Waals surface area contributed by atoms with Crippen LogP contribution in [-0.4, -0.2) is 14.6 Å². The van der Waals surface area contributed by atoms with Gasteiger partial charge in [-0.25, -0.2) is 4.39 Å². The molecular formula is C16H16FN3O. The molecule has 0 saturated carbocycles. The molecule has 0 unspecified atom stereocenters. The molecule has 0 saturated heterocycles. The summed E-state index contributed by atoms with van der Waals surface area (Å²) in [6.07, 6.45) is 1.62. The summed E-state index contributed by atoms with van der Waals surface area (Å²) >= 11 is 0. The number of benzene rings is 1. The first-order chi connectivity index (χ1) is 9.86. The van der Waals surface area contributed by atoms with Crippen molar-refractivity contribution in [3.63, 3.8) is 0 Å². The van der Waals surface area contributed by atoms with Crippen LogP contribution in [0, 0.1) is 5.82 Å². The first-order valence-electron chi connectivity index (χ1n) is 6.74. The molecule has 3 aromatic rings. The normalized spacial score (nSPS) is 12.0. The molecular weight excluding hydrogens is 269 g/mol. The van der Waals surface area contributed by atoms with Crippen LogP contribution >= 0.6 is 0 Å². The third-order valence-corrected chi connectivity index (χ3v) is 3.46. The standard InChI is InChI=1S/C16H16FN3O/c1-16(2,3)13-8-14(21)20-15(19-13)12(9-18-20)10-4-6-11(17)7-5-10/h4-9,19H,1-3H3. The molecule has 2 heterocycles. The number of nitrogens with one attached hydrogen (secondary N) is 1. The second kappa shape index (κ2) is 4.55. The smallest absolute Gasteiger partial charge is 0.274 e. The Morgan fingerprint density at radius 1 is 1.19 bits per heavy atom. The van der Waals surface area contributed by atoms with Gasteiger partial charge in [0.05, 0.1) is 6.20 Å². The third kappa shape index (κ3) is 2.35. The Labute approximate surface area is 121 Å². The first kappa shape index (κ1) is 13.5. The first-order valence-corrected chi connectivity index (χ1v) is 6.74. The summed E-state index contributed by atoms with van der Waals surface area (Å²) in [7, 11) is 0. The number of H-pyrrole nitrogens is 1. The van der Waals surface area contributed by atoms with E-state index in [2.05, 4.69) is 10.1 Å². The van der Waals surface area contributed by atoms with Gasteiger partial charge < -0.3 is 4.98 Å². The molecule has 1 aromatic carbocycles. The lowest BCUT2D eigenvalue weighted by Crippen LogP contribution is -2.22. The largest absolute Gasteiger partial charge is 0.342 e. The highest BCUT2D eigenvalue weighted by Gasteiger charge is 2.18. The zero-order chi connectivity index (χ0) is 15.2. The molecule has 0 aliphatic rings. The van der Waals surface area contributed by atoms with Crippen molar-refractivity contribution < 1.29 is 4.39 Å². The van der Waals surface area contributed by atoms with Crippen LogP contribution in [0.3, 0.4) is 0 Å². The number of aromatic nitrogens is 3. The zero-order valence-corrected chi connectivity index (χ0v) is 12.1. The molecule has 0 aliphatic carbocycles. The molecule has 2 aromatic heterocycles.